The topological polar surface area (TPSA) is 61.5 Å². The summed E-state index contributed by atoms with van der Waals surface area (Å²) in [6.45, 7) is 5.66. The summed E-state index contributed by atoms with van der Waals surface area (Å²) in [5.41, 5.74) is 3.56. The van der Waals surface area contributed by atoms with Gasteiger partial charge in [0.15, 0.2) is 6.54 Å². The maximum absolute atomic E-state index is 11.1. The van der Waals surface area contributed by atoms with Crippen LogP contribution < -0.4 is 9.47 Å². The third-order valence-electron chi connectivity index (χ3n) is 4.87. The lowest BCUT2D eigenvalue weighted by molar-refractivity contribution is -0.668. The second-order valence-electron chi connectivity index (χ2n) is 7.00. The molecule has 8 heteroatoms. The molecule has 152 valence electrons. The van der Waals surface area contributed by atoms with Gasteiger partial charge >= 0.3 is 0 Å². The molecule has 0 aliphatic carbocycles. The molecule has 0 radical (unpaired) electrons. The normalized spacial score (nSPS) is 15.4. The minimum Gasteiger partial charge on any atom is -0.335 e. The van der Waals surface area contributed by atoms with Gasteiger partial charge in [-0.1, -0.05) is 41.3 Å². The molecule has 0 saturated carbocycles. The van der Waals surface area contributed by atoms with E-state index in [9.17, 15) is 8.42 Å². The second kappa shape index (κ2) is 8.10. The van der Waals surface area contributed by atoms with E-state index in [4.69, 9.17) is 4.55 Å². The molecule has 3 aromatic rings. The molecule has 0 saturated heterocycles. The summed E-state index contributed by atoms with van der Waals surface area (Å²) in [6, 6.07) is 14.7. The van der Waals surface area contributed by atoms with Crippen LogP contribution in [0.3, 0.4) is 0 Å². The van der Waals surface area contributed by atoms with Crippen LogP contribution in [0.25, 0.3) is 16.3 Å². The molecule has 1 aliphatic rings. The average Bonchev–Trinajstić information content (AvgIpc) is 3.18. The number of benzene rings is 2. The number of aromatic nitrogens is 1. The van der Waals surface area contributed by atoms with E-state index in [-0.39, 0.29) is 5.75 Å². The maximum atomic E-state index is 11.1. The molecular formula is C21H23N2O3S3+. The van der Waals surface area contributed by atoms with Gasteiger partial charge < -0.3 is 4.90 Å². The van der Waals surface area contributed by atoms with Gasteiger partial charge in [0.1, 0.15) is 4.70 Å². The fourth-order valence-corrected chi connectivity index (χ4v) is 6.50. The highest BCUT2D eigenvalue weighted by Gasteiger charge is 2.27. The predicted molar refractivity (Wildman–Crippen MR) is 121 cm³/mol. The smallest absolute Gasteiger partial charge is 0.265 e. The van der Waals surface area contributed by atoms with E-state index in [0.717, 1.165) is 21.8 Å². The highest BCUT2D eigenvalue weighted by Crippen LogP contribution is 2.47. The van der Waals surface area contributed by atoms with E-state index in [1.165, 1.54) is 21.2 Å². The maximum Gasteiger partial charge on any atom is 0.265 e. The van der Waals surface area contributed by atoms with Crippen molar-refractivity contribution < 1.29 is 17.5 Å². The summed E-state index contributed by atoms with van der Waals surface area (Å²) in [6.07, 6.45) is 2.56. The molecule has 29 heavy (non-hydrogen) atoms. The second-order valence-corrected chi connectivity index (χ2v) is 10.7. The lowest BCUT2D eigenvalue weighted by Crippen LogP contribution is -2.36. The van der Waals surface area contributed by atoms with Gasteiger partial charge in [0.2, 0.25) is 5.52 Å². The van der Waals surface area contributed by atoms with Crippen molar-refractivity contribution >= 4 is 55.2 Å². The van der Waals surface area contributed by atoms with Gasteiger partial charge in [0, 0.05) is 23.9 Å². The Kier molecular flexibility index (Phi) is 5.70. The largest absolute Gasteiger partial charge is 0.335 e. The van der Waals surface area contributed by atoms with E-state index in [1.54, 1.807) is 23.1 Å². The number of para-hydroxylation sites is 1. The third kappa shape index (κ3) is 4.35. The number of aryl methyl sites for hydroxylation is 2. The zero-order valence-corrected chi connectivity index (χ0v) is 18.8. The lowest BCUT2D eigenvalue weighted by atomic mass is 10.2. The molecule has 1 aliphatic heterocycles. The molecule has 0 atom stereocenters. The number of hydrogen-bond donors (Lipinski definition) is 1. The van der Waals surface area contributed by atoms with Gasteiger partial charge in [-0.25, -0.2) is 0 Å². The van der Waals surface area contributed by atoms with Gasteiger partial charge in [-0.15, -0.1) is 0 Å². The Morgan fingerprint density at radius 3 is 2.76 bits per heavy atom. The van der Waals surface area contributed by atoms with Crippen LogP contribution in [-0.2, 0) is 16.7 Å². The fourth-order valence-electron chi connectivity index (χ4n) is 3.55. The van der Waals surface area contributed by atoms with E-state index in [1.807, 2.05) is 12.1 Å². The summed E-state index contributed by atoms with van der Waals surface area (Å²) in [5, 5.41) is 2.25. The Bertz CT molecular complexity index is 1200. The van der Waals surface area contributed by atoms with Crippen LogP contribution in [0.1, 0.15) is 23.9 Å². The van der Waals surface area contributed by atoms with Crippen molar-refractivity contribution in [3.05, 3.63) is 58.1 Å². The molecule has 2 heterocycles. The van der Waals surface area contributed by atoms with Crippen molar-refractivity contribution in [3.8, 4) is 0 Å². The van der Waals surface area contributed by atoms with Gasteiger partial charge in [0.25, 0.3) is 15.1 Å². The van der Waals surface area contributed by atoms with Crippen molar-refractivity contribution in [1.29, 1.82) is 0 Å². The standard InChI is InChI=1S/C21H22N2O3S3/c1-3-22-17-10-9-15(2)13-19(17)28-20(22)14-21-23(11-6-12-29(24,25)26)16-7-4-5-8-18(16)27-21/h4-5,7-10,13-14H,3,6,11-12H2,1-2H3/p+1. The Morgan fingerprint density at radius 1 is 1.21 bits per heavy atom. The molecular weight excluding hydrogens is 424 g/mol. The van der Waals surface area contributed by atoms with Crippen LogP contribution in [0, 0.1) is 6.92 Å². The van der Waals surface area contributed by atoms with E-state index in [0.29, 0.717) is 13.0 Å². The number of rotatable bonds is 6. The van der Waals surface area contributed by atoms with Gasteiger partial charge in [-0.3, -0.25) is 4.55 Å². The Balaban J connectivity index is 1.73. The Hall–Kier alpha value is -1.87. The monoisotopic (exact) mass is 447 g/mol. The highest BCUT2D eigenvalue weighted by molar-refractivity contribution is 8.03. The summed E-state index contributed by atoms with van der Waals surface area (Å²) in [5.74, 6) is -0.235. The van der Waals surface area contributed by atoms with Crippen LogP contribution in [0.2, 0.25) is 0 Å². The number of hydrogen-bond acceptors (Lipinski definition) is 5. The fraction of sp³-hybridized carbons (Fsp3) is 0.286. The molecule has 1 N–H and O–H groups in total. The zero-order valence-electron chi connectivity index (χ0n) is 16.3. The first-order chi connectivity index (χ1) is 13.9. The molecule has 1 aromatic heterocycles. The SMILES string of the molecule is CCN1/C(=C/c2sc3ccccc3[n+]2CCCS(=O)(=O)O)Sc2cc(C)ccc21. The Morgan fingerprint density at radius 2 is 2.00 bits per heavy atom. The summed E-state index contributed by atoms with van der Waals surface area (Å²) in [7, 11) is -3.96. The summed E-state index contributed by atoms with van der Waals surface area (Å²) >= 11 is 3.47. The Labute approximate surface area is 179 Å². The number of anilines is 1. The number of nitrogens with zero attached hydrogens (tertiary/aromatic N) is 2. The van der Waals surface area contributed by atoms with Crippen LogP contribution in [-0.4, -0.2) is 25.3 Å². The summed E-state index contributed by atoms with van der Waals surface area (Å²) < 4.78 is 34.7. The zero-order chi connectivity index (χ0) is 20.6. The molecule has 0 amide bonds. The van der Waals surface area contributed by atoms with Gasteiger partial charge in [0.05, 0.1) is 22.5 Å². The number of thioether (sulfide) groups is 1. The van der Waals surface area contributed by atoms with Gasteiger partial charge in [-0.2, -0.15) is 13.0 Å². The summed E-state index contributed by atoms with van der Waals surface area (Å²) in [4.78, 5) is 3.57. The molecule has 2 aromatic carbocycles. The first kappa shape index (κ1) is 20.4. The minimum atomic E-state index is -3.96. The quantitative estimate of drug-likeness (QED) is 0.438. The average molecular weight is 448 g/mol. The molecule has 5 nitrogen and oxygen atoms in total. The third-order valence-corrected chi connectivity index (χ3v) is 7.88. The van der Waals surface area contributed by atoms with Crippen molar-refractivity contribution in [2.75, 3.05) is 17.2 Å². The van der Waals surface area contributed by atoms with E-state index >= 15 is 0 Å². The van der Waals surface area contributed by atoms with Crippen LogP contribution in [0.15, 0.2) is 52.4 Å². The molecule has 4 rings (SSSR count). The molecule has 0 unspecified atom stereocenters. The minimum absolute atomic E-state index is 0.235. The van der Waals surface area contributed by atoms with Crippen molar-refractivity contribution in [2.24, 2.45) is 0 Å². The van der Waals surface area contributed by atoms with Gasteiger partial charge in [-0.05, 0) is 37.6 Å². The number of thiazole rings is 1. The molecule has 0 fully saturated rings. The van der Waals surface area contributed by atoms with Crippen LogP contribution in [0.4, 0.5) is 5.69 Å². The first-order valence-corrected chi connectivity index (χ1v) is 12.7. The van der Waals surface area contributed by atoms with E-state index < -0.39 is 10.1 Å². The highest BCUT2D eigenvalue weighted by atomic mass is 32.2. The van der Waals surface area contributed by atoms with E-state index in [2.05, 4.69) is 59.7 Å². The van der Waals surface area contributed by atoms with Crippen LogP contribution >= 0.6 is 23.1 Å². The predicted octanol–water partition coefficient (Wildman–Crippen LogP) is 4.71. The molecule has 0 spiro atoms. The first-order valence-electron chi connectivity index (χ1n) is 9.50. The molecule has 0 bridgehead atoms. The van der Waals surface area contributed by atoms with Crippen LogP contribution in [0.5, 0.6) is 0 Å². The van der Waals surface area contributed by atoms with Crippen molar-refractivity contribution in [1.82, 2.24) is 0 Å². The van der Waals surface area contributed by atoms with Crippen molar-refractivity contribution in [2.45, 2.75) is 31.7 Å². The lowest BCUT2D eigenvalue weighted by Gasteiger charge is -2.17. The van der Waals surface area contributed by atoms with Crippen molar-refractivity contribution in [3.63, 3.8) is 0 Å². The number of fused-ring (bicyclic) bond motifs is 2.